The number of ether oxygens (including phenoxy) is 1. The van der Waals surface area contributed by atoms with Gasteiger partial charge in [0.25, 0.3) is 0 Å². The Bertz CT molecular complexity index is 306. The predicted molar refractivity (Wildman–Crippen MR) is 63.2 cm³/mol. The number of rotatable bonds is 5. The number of carbonyl (C=O) groups is 2. The van der Waals surface area contributed by atoms with E-state index in [-0.39, 0.29) is 24.3 Å². The second kappa shape index (κ2) is 5.07. The van der Waals surface area contributed by atoms with Crippen molar-refractivity contribution in [3.8, 4) is 0 Å². The summed E-state index contributed by atoms with van der Waals surface area (Å²) in [6.45, 7) is 2.79. The van der Waals surface area contributed by atoms with Gasteiger partial charge >= 0.3 is 5.97 Å². The van der Waals surface area contributed by atoms with Crippen LogP contribution < -0.4 is 0 Å². The summed E-state index contributed by atoms with van der Waals surface area (Å²) in [4.78, 5) is 25.2. The quantitative estimate of drug-likeness (QED) is 0.682. The Hall–Kier alpha value is -1.06. The van der Waals surface area contributed by atoms with Gasteiger partial charge < -0.3 is 9.64 Å². The predicted octanol–water partition coefficient (Wildman–Crippen LogP) is 1.44. The van der Waals surface area contributed by atoms with Gasteiger partial charge in [0.05, 0.1) is 7.11 Å². The van der Waals surface area contributed by atoms with Crippen molar-refractivity contribution in [1.82, 2.24) is 4.90 Å². The molecule has 0 N–H and O–H groups in total. The summed E-state index contributed by atoms with van der Waals surface area (Å²) in [6, 6.07) is 0. The van der Waals surface area contributed by atoms with Gasteiger partial charge in [0.2, 0.25) is 5.91 Å². The average Bonchev–Trinajstić information content (AvgIpc) is 2.80. The van der Waals surface area contributed by atoms with Crippen molar-refractivity contribution < 1.29 is 14.3 Å². The molecule has 4 nitrogen and oxygen atoms in total. The minimum atomic E-state index is -0.322. The fourth-order valence-corrected chi connectivity index (χ4v) is 3.16. The Balaban J connectivity index is 1.91. The number of nitrogens with zero attached hydrogens (tertiary/aromatic N) is 1. The smallest absolute Gasteiger partial charge is 0.325 e. The van der Waals surface area contributed by atoms with E-state index in [0.29, 0.717) is 18.4 Å². The Morgan fingerprint density at radius 2 is 1.94 bits per heavy atom. The van der Waals surface area contributed by atoms with Gasteiger partial charge in [0.15, 0.2) is 0 Å². The number of amides is 1. The third-order valence-corrected chi connectivity index (χ3v) is 4.04. The van der Waals surface area contributed by atoms with Crippen LogP contribution in [0, 0.1) is 17.8 Å². The number of fused-ring (bicyclic) bond motifs is 1. The van der Waals surface area contributed by atoms with Crippen LogP contribution in [0.15, 0.2) is 0 Å². The molecule has 0 bridgehead atoms. The van der Waals surface area contributed by atoms with Crippen LogP contribution >= 0.6 is 0 Å². The lowest BCUT2D eigenvalue weighted by atomic mass is 10.1. The lowest BCUT2D eigenvalue weighted by Gasteiger charge is -2.21. The second-order valence-electron chi connectivity index (χ2n) is 5.12. The van der Waals surface area contributed by atoms with E-state index in [2.05, 4.69) is 4.74 Å². The summed E-state index contributed by atoms with van der Waals surface area (Å²) in [6.07, 6.45) is 4.53. The second-order valence-corrected chi connectivity index (χ2v) is 5.12. The topological polar surface area (TPSA) is 46.6 Å². The molecule has 2 atom stereocenters. The fourth-order valence-electron chi connectivity index (χ4n) is 3.16. The van der Waals surface area contributed by atoms with Crippen LogP contribution in [0.4, 0.5) is 0 Å². The standard InChI is InChI=1S/C13H21NO3/c1-3-7-14(8-11(15)17-2)13(16)12-9-5-4-6-10(9)12/h9-10,12H,3-8H2,1-2H3. The van der Waals surface area contributed by atoms with Crippen molar-refractivity contribution in [3.63, 3.8) is 0 Å². The van der Waals surface area contributed by atoms with E-state index < -0.39 is 0 Å². The van der Waals surface area contributed by atoms with Crippen LogP contribution in [-0.2, 0) is 14.3 Å². The van der Waals surface area contributed by atoms with Crippen LogP contribution in [0.1, 0.15) is 32.6 Å². The monoisotopic (exact) mass is 239 g/mol. The van der Waals surface area contributed by atoms with E-state index in [4.69, 9.17) is 0 Å². The highest BCUT2D eigenvalue weighted by atomic mass is 16.5. The lowest BCUT2D eigenvalue weighted by Crippen LogP contribution is -2.38. The number of hydrogen-bond donors (Lipinski definition) is 0. The van der Waals surface area contributed by atoms with E-state index >= 15 is 0 Å². The molecule has 2 aliphatic rings. The van der Waals surface area contributed by atoms with Gasteiger partial charge in [0.1, 0.15) is 6.54 Å². The van der Waals surface area contributed by atoms with Crippen LogP contribution in [-0.4, -0.2) is 37.0 Å². The zero-order chi connectivity index (χ0) is 12.4. The lowest BCUT2D eigenvalue weighted by molar-refractivity contribution is -0.147. The largest absolute Gasteiger partial charge is 0.468 e. The number of esters is 1. The summed E-state index contributed by atoms with van der Waals surface area (Å²) in [5.41, 5.74) is 0. The van der Waals surface area contributed by atoms with Gasteiger partial charge in [-0.15, -0.1) is 0 Å². The zero-order valence-electron chi connectivity index (χ0n) is 10.6. The Morgan fingerprint density at radius 1 is 1.29 bits per heavy atom. The Kier molecular flexibility index (Phi) is 3.69. The molecule has 0 spiro atoms. The average molecular weight is 239 g/mol. The molecule has 2 rings (SSSR count). The van der Waals surface area contributed by atoms with Crippen LogP contribution in [0.25, 0.3) is 0 Å². The molecule has 2 saturated carbocycles. The van der Waals surface area contributed by atoms with Crippen molar-refractivity contribution >= 4 is 11.9 Å². The first kappa shape index (κ1) is 12.4. The molecule has 2 aliphatic carbocycles. The molecule has 1 amide bonds. The number of carbonyl (C=O) groups excluding carboxylic acids is 2. The highest BCUT2D eigenvalue weighted by Crippen LogP contribution is 2.58. The zero-order valence-corrected chi connectivity index (χ0v) is 10.6. The van der Waals surface area contributed by atoms with Crippen molar-refractivity contribution in [2.45, 2.75) is 32.6 Å². The molecule has 0 radical (unpaired) electrons. The summed E-state index contributed by atoms with van der Waals surface area (Å²) in [5.74, 6) is 1.28. The van der Waals surface area contributed by atoms with Crippen molar-refractivity contribution in [2.75, 3.05) is 20.2 Å². The molecule has 0 saturated heterocycles. The van der Waals surface area contributed by atoms with Gasteiger partial charge in [-0.05, 0) is 31.1 Å². The first-order valence-corrected chi connectivity index (χ1v) is 6.54. The fraction of sp³-hybridized carbons (Fsp3) is 0.846. The summed E-state index contributed by atoms with van der Waals surface area (Å²) >= 11 is 0. The van der Waals surface area contributed by atoms with Crippen LogP contribution in [0.3, 0.4) is 0 Å². The summed E-state index contributed by atoms with van der Waals surface area (Å²) in [7, 11) is 1.36. The maximum Gasteiger partial charge on any atom is 0.325 e. The number of methoxy groups -OCH3 is 1. The van der Waals surface area contributed by atoms with Gasteiger partial charge in [0, 0.05) is 12.5 Å². The Morgan fingerprint density at radius 3 is 2.47 bits per heavy atom. The minimum absolute atomic E-state index is 0.110. The van der Waals surface area contributed by atoms with Crippen molar-refractivity contribution in [3.05, 3.63) is 0 Å². The molecule has 0 aromatic heterocycles. The van der Waals surface area contributed by atoms with Gasteiger partial charge in [-0.1, -0.05) is 13.3 Å². The maximum atomic E-state index is 12.3. The number of hydrogen-bond acceptors (Lipinski definition) is 3. The van der Waals surface area contributed by atoms with E-state index in [1.807, 2.05) is 6.92 Å². The maximum absolute atomic E-state index is 12.3. The molecular formula is C13H21NO3. The van der Waals surface area contributed by atoms with Crippen LogP contribution in [0.5, 0.6) is 0 Å². The van der Waals surface area contributed by atoms with Gasteiger partial charge in [-0.2, -0.15) is 0 Å². The normalized spacial score (nSPS) is 29.6. The van der Waals surface area contributed by atoms with Gasteiger partial charge in [-0.3, -0.25) is 9.59 Å². The van der Waals surface area contributed by atoms with Crippen molar-refractivity contribution in [2.24, 2.45) is 17.8 Å². The first-order chi connectivity index (χ1) is 8.19. The Labute approximate surface area is 102 Å². The SMILES string of the molecule is CCCN(CC(=O)OC)C(=O)C1C2CCCC21. The molecule has 4 heteroatoms. The summed E-state index contributed by atoms with van der Waals surface area (Å²) in [5, 5.41) is 0. The highest BCUT2D eigenvalue weighted by Gasteiger charge is 2.57. The first-order valence-electron chi connectivity index (χ1n) is 6.54. The molecule has 96 valence electrons. The summed E-state index contributed by atoms with van der Waals surface area (Å²) < 4.78 is 4.64. The van der Waals surface area contributed by atoms with Gasteiger partial charge in [-0.25, -0.2) is 0 Å². The van der Waals surface area contributed by atoms with E-state index in [0.717, 1.165) is 6.42 Å². The molecule has 0 heterocycles. The van der Waals surface area contributed by atoms with Crippen molar-refractivity contribution in [1.29, 1.82) is 0 Å². The third-order valence-electron chi connectivity index (χ3n) is 4.04. The van der Waals surface area contributed by atoms with Crippen LogP contribution in [0.2, 0.25) is 0 Å². The van der Waals surface area contributed by atoms with E-state index in [1.54, 1.807) is 4.90 Å². The molecule has 0 aliphatic heterocycles. The molecule has 2 fully saturated rings. The van der Waals surface area contributed by atoms with E-state index in [1.165, 1.54) is 26.4 Å². The molecule has 0 aromatic carbocycles. The van der Waals surface area contributed by atoms with E-state index in [9.17, 15) is 9.59 Å². The molecule has 17 heavy (non-hydrogen) atoms. The molecular weight excluding hydrogens is 218 g/mol. The molecule has 0 aromatic rings. The third kappa shape index (κ3) is 2.45. The minimum Gasteiger partial charge on any atom is -0.468 e. The molecule has 2 unspecified atom stereocenters. The highest BCUT2D eigenvalue weighted by molar-refractivity contribution is 5.86.